The SMILES string of the molecule is Clc1cccnc1N1CCN(C[C@@H]2CCCN3CCCC[C@H]23)CC1. The van der Waals surface area contributed by atoms with Gasteiger partial charge in [0.15, 0.2) is 0 Å². The number of pyridine rings is 1. The summed E-state index contributed by atoms with van der Waals surface area (Å²) in [7, 11) is 0. The van der Waals surface area contributed by atoms with Gasteiger partial charge in [0.1, 0.15) is 5.82 Å². The molecule has 4 rings (SSSR count). The molecule has 1 aromatic heterocycles. The molecule has 0 saturated carbocycles. The first-order chi connectivity index (χ1) is 11.8. The second kappa shape index (κ2) is 7.59. The molecule has 0 bridgehead atoms. The number of aromatic nitrogens is 1. The summed E-state index contributed by atoms with van der Waals surface area (Å²) in [4.78, 5) is 12.3. The van der Waals surface area contributed by atoms with Gasteiger partial charge in [-0.3, -0.25) is 4.90 Å². The molecular weight excluding hydrogens is 320 g/mol. The summed E-state index contributed by atoms with van der Waals surface area (Å²) < 4.78 is 0. The molecule has 3 fully saturated rings. The van der Waals surface area contributed by atoms with Crippen molar-refractivity contribution in [2.45, 2.75) is 38.1 Å². The molecule has 0 spiro atoms. The third-order valence-electron chi connectivity index (χ3n) is 6.13. The average Bonchev–Trinajstić information content (AvgIpc) is 2.63. The van der Waals surface area contributed by atoms with Crippen LogP contribution in [0.5, 0.6) is 0 Å². The van der Waals surface area contributed by atoms with Gasteiger partial charge in [-0.05, 0) is 56.8 Å². The van der Waals surface area contributed by atoms with Crippen LogP contribution < -0.4 is 4.90 Å². The van der Waals surface area contributed by atoms with Crippen molar-refractivity contribution in [3.8, 4) is 0 Å². The van der Waals surface area contributed by atoms with Crippen LogP contribution in [0.2, 0.25) is 5.02 Å². The van der Waals surface area contributed by atoms with Gasteiger partial charge < -0.3 is 9.80 Å². The molecule has 3 saturated heterocycles. The van der Waals surface area contributed by atoms with Gasteiger partial charge in [-0.15, -0.1) is 0 Å². The van der Waals surface area contributed by atoms with Crippen LogP contribution in [0.3, 0.4) is 0 Å². The molecule has 1 aromatic rings. The molecule has 5 heteroatoms. The summed E-state index contributed by atoms with van der Waals surface area (Å²) in [5, 5.41) is 0.774. The van der Waals surface area contributed by atoms with Gasteiger partial charge in [0, 0.05) is 45.0 Å². The Hall–Kier alpha value is -0.840. The zero-order chi connectivity index (χ0) is 16.4. The van der Waals surface area contributed by atoms with Crippen molar-refractivity contribution in [1.29, 1.82) is 0 Å². The van der Waals surface area contributed by atoms with Crippen LogP contribution in [0.4, 0.5) is 5.82 Å². The molecular formula is C19H29ClN4. The summed E-state index contributed by atoms with van der Waals surface area (Å²) >= 11 is 6.30. The van der Waals surface area contributed by atoms with Gasteiger partial charge in [-0.25, -0.2) is 4.98 Å². The monoisotopic (exact) mass is 348 g/mol. The van der Waals surface area contributed by atoms with Gasteiger partial charge in [0.25, 0.3) is 0 Å². The Morgan fingerprint density at radius 3 is 2.67 bits per heavy atom. The summed E-state index contributed by atoms with van der Waals surface area (Å²) in [6, 6.07) is 4.70. The number of anilines is 1. The minimum atomic E-state index is 0.774. The van der Waals surface area contributed by atoms with E-state index in [1.54, 1.807) is 0 Å². The Morgan fingerprint density at radius 2 is 1.83 bits per heavy atom. The highest BCUT2D eigenvalue weighted by molar-refractivity contribution is 6.32. The van der Waals surface area contributed by atoms with Crippen LogP contribution in [0.25, 0.3) is 0 Å². The predicted molar refractivity (Wildman–Crippen MR) is 99.8 cm³/mol. The van der Waals surface area contributed by atoms with Gasteiger partial charge in [-0.1, -0.05) is 18.0 Å². The smallest absolute Gasteiger partial charge is 0.147 e. The first-order valence-electron chi connectivity index (χ1n) is 9.63. The number of nitrogens with zero attached hydrogens (tertiary/aromatic N) is 4. The Kier molecular flexibility index (Phi) is 5.25. The van der Waals surface area contributed by atoms with E-state index in [1.165, 1.54) is 51.7 Å². The summed E-state index contributed by atoms with van der Waals surface area (Å²) in [5.41, 5.74) is 0. The van der Waals surface area contributed by atoms with Crippen molar-refractivity contribution in [2.24, 2.45) is 5.92 Å². The quantitative estimate of drug-likeness (QED) is 0.837. The van der Waals surface area contributed by atoms with E-state index in [9.17, 15) is 0 Å². The number of fused-ring (bicyclic) bond motifs is 1. The normalized spacial score (nSPS) is 29.5. The van der Waals surface area contributed by atoms with E-state index in [2.05, 4.69) is 19.7 Å². The number of piperazine rings is 1. The molecule has 0 aromatic carbocycles. The maximum Gasteiger partial charge on any atom is 0.147 e. The van der Waals surface area contributed by atoms with E-state index in [0.717, 1.165) is 49.0 Å². The third-order valence-corrected chi connectivity index (χ3v) is 6.43. The molecule has 0 aliphatic carbocycles. The Balaban J connectivity index is 1.32. The molecule has 3 aliphatic rings. The lowest BCUT2D eigenvalue weighted by atomic mass is 9.83. The van der Waals surface area contributed by atoms with Crippen molar-refractivity contribution >= 4 is 17.4 Å². The van der Waals surface area contributed by atoms with Crippen LogP contribution in [-0.2, 0) is 0 Å². The molecule has 3 aliphatic heterocycles. The van der Waals surface area contributed by atoms with Crippen LogP contribution >= 0.6 is 11.6 Å². The molecule has 4 nitrogen and oxygen atoms in total. The van der Waals surface area contributed by atoms with Crippen molar-refractivity contribution in [3.63, 3.8) is 0 Å². The lowest BCUT2D eigenvalue weighted by Gasteiger charge is -2.46. The fraction of sp³-hybridized carbons (Fsp3) is 0.737. The van der Waals surface area contributed by atoms with Crippen LogP contribution in [0, 0.1) is 5.92 Å². The number of rotatable bonds is 3. The minimum Gasteiger partial charge on any atom is -0.353 e. The van der Waals surface area contributed by atoms with Crippen molar-refractivity contribution in [3.05, 3.63) is 23.4 Å². The van der Waals surface area contributed by atoms with Crippen LogP contribution in [-0.4, -0.2) is 66.6 Å². The highest BCUT2D eigenvalue weighted by Crippen LogP contribution is 2.32. The zero-order valence-corrected chi connectivity index (χ0v) is 15.3. The standard InChI is InChI=1S/C19H29ClN4/c20-17-6-3-8-21-19(17)24-13-11-22(12-14-24)15-16-5-4-10-23-9-2-1-7-18(16)23/h3,6,8,16,18H,1-2,4-5,7,9-15H2/t16-,18+/m0/s1. The number of piperidine rings is 2. The molecule has 0 N–H and O–H groups in total. The van der Waals surface area contributed by atoms with E-state index in [4.69, 9.17) is 11.6 Å². The molecule has 132 valence electrons. The second-order valence-corrected chi connectivity index (χ2v) is 8.01. The fourth-order valence-electron chi connectivity index (χ4n) is 4.87. The van der Waals surface area contributed by atoms with E-state index in [1.807, 2.05) is 18.3 Å². The predicted octanol–water partition coefficient (Wildman–Crippen LogP) is 3.12. The first-order valence-corrected chi connectivity index (χ1v) is 10.0. The van der Waals surface area contributed by atoms with Gasteiger partial charge in [0.2, 0.25) is 0 Å². The lowest BCUT2D eigenvalue weighted by molar-refractivity contribution is 0.0394. The largest absolute Gasteiger partial charge is 0.353 e. The Bertz CT molecular complexity index is 542. The van der Waals surface area contributed by atoms with Gasteiger partial charge >= 0.3 is 0 Å². The molecule has 0 amide bonds. The Labute approximate surface area is 150 Å². The molecule has 4 heterocycles. The van der Waals surface area contributed by atoms with E-state index in [0.29, 0.717) is 0 Å². The van der Waals surface area contributed by atoms with E-state index < -0.39 is 0 Å². The maximum atomic E-state index is 6.30. The van der Waals surface area contributed by atoms with Crippen molar-refractivity contribution in [1.82, 2.24) is 14.8 Å². The summed E-state index contributed by atoms with van der Waals surface area (Å²) in [6.07, 6.45) is 8.93. The highest BCUT2D eigenvalue weighted by atomic mass is 35.5. The first kappa shape index (κ1) is 16.6. The fourth-order valence-corrected chi connectivity index (χ4v) is 5.12. The lowest BCUT2D eigenvalue weighted by Crippen LogP contribution is -2.54. The highest BCUT2D eigenvalue weighted by Gasteiger charge is 2.34. The second-order valence-electron chi connectivity index (χ2n) is 7.60. The zero-order valence-electron chi connectivity index (χ0n) is 14.5. The van der Waals surface area contributed by atoms with Crippen molar-refractivity contribution in [2.75, 3.05) is 50.7 Å². The minimum absolute atomic E-state index is 0.774. The number of hydrogen-bond acceptors (Lipinski definition) is 4. The maximum absolute atomic E-state index is 6.30. The van der Waals surface area contributed by atoms with Crippen LogP contribution in [0.15, 0.2) is 18.3 Å². The summed E-state index contributed by atoms with van der Waals surface area (Å²) in [5.74, 6) is 1.83. The van der Waals surface area contributed by atoms with Gasteiger partial charge in [0.05, 0.1) is 5.02 Å². The van der Waals surface area contributed by atoms with Crippen LogP contribution in [0.1, 0.15) is 32.1 Å². The molecule has 0 radical (unpaired) electrons. The molecule has 24 heavy (non-hydrogen) atoms. The molecule has 2 atom stereocenters. The Morgan fingerprint density at radius 1 is 1.00 bits per heavy atom. The van der Waals surface area contributed by atoms with Crippen molar-refractivity contribution < 1.29 is 0 Å². The number of halogens is 1. The number of hydrogen-bond donors (Lipinski definition) is 0. The average molecular weight is 349 g/mol. The van der Waals surface area contributed by atoms with Gasteiger partial charge in [-0.2, -0.15) is 0 Å². The topological polar surface area (TPSA) is 22.6 Å². The molecule has 0 unspecified atom stereocenters. The summed E-state index contributed by atoms with van der Waals surface area (Å²) in [6.45, 7) is 8.31. The van der Waals surface area contributed by atoms with E-state index in [-0.39, 0.29) is 0 Å². The van der Waals surface area contributed by atoms with E-state index >= 15 is 0 Å². The third kappa shape index (κ3) is 3.56.